The first kappa shape index (κ1) is 17.6. The molecule has 1 atom stereocenters. The Kier molecular flexibility index (Phi) is 10.3. The van der Waals surface area contributed by atoms with E-state index < -0.39 is 0 Å². The van der Waals surface area contributed by atoms with Gasteiger partial charge in [-0.05, 0) is 24.7 Å². The smallest absolute Gasteiger partial charge is 0.138 e. The first-order valence-corrected chi connectivity index (χ1v) is 7.49. The van der Waals surface area contributed by atoms with Crippen LogP contribution >= 0.6 is 0 Å². The van der Waals surface area contributed by atoms with Crippen LogP contribution in [0.3, 0.4) is 0 Å². The van der Waals surface area contributed by atoms with Gasteiger partial charge in [0.05, 0.1) is 6.61 Å². The fourth-order valence-corrected chi connectivity index (χ4v) is 2.13. The lowest BCUT2D eigenvalue weighted by Gasteiger charge is -2.16. The molecule has 0 aliphatic heterocycles. The number of Topliss-reactive ketones (excluding diaryl/α,β-unsaturated/α-hetero) is 1. The molecule has 108 valence electrons. The Morgan fingerprint density at radius 3 is 2.06 bits per heavy atom. The number of carbonyl (C=O) groups excluding carboxylic acids is 1. The number of ether oxygens (including phenoxy) is 1. The SMILES string of the molecule is COCC(CCC(C)C)C(=O)CCCCC(C)C. The van der Waals surface area contributed by atoms with E-state index in [-0.39, 0.29) is 5.92 Å². The van der Waals surface area contributed by atoms with Crippen molar-refractivity contribution in [2.45, 2.75) is 66.2 Å². The number of ketones is 1. The van der Waals surface area contributed by atoms with Crippen LogP contribution in [0.15, 0.2) is 0 Å². The first-order valence-electron chi connectivity index (χ1n) is 7.49. The van der Waals surface area contributed by atoms with Crippen LogP contribution in [0.5, 0.6) is 0 Å². The molecule has 0 saturated heterocycles. The van der Waals surface area contributed by atoms with Crippen molar-refractivity contribution in [2.75, 3.05) is 13.7 Å². The van der Waals surface area contributed by atoms with E-state index in [9.17, 15) is 4.79 Å². The molecule has 0 aromatic heterocycles. The quantitative estimate of drug-likeness (QED) is 0.510. The second-order valence-corrected chi connectivity index (χ2v) is 6.23. The van der Waals surface area contributed by atoms with Crippen molar-refractivity contribution in [1.82, 2.24) is 0 Å². The summed E-state index contributed by atoms with van der Waals surface area (Å²) in [4.78, 5) is 12.1. The van der Waals surface area contributed by atoms with Gasteiger partial charge in [0.25, 0.3) is 0 Å². The molecule has 0 fully saturated rings. The molecule has 18 heavy (non-hydrogen) atoms. The predicted octanol–water partition coefficient (Wildman–Crippen LogP) is 4.47. The largest absolute Gasteiger partial charge is 0.384 e. The highest BCUT2D eigenvalue weighted by molar-refractivity contribution is 5.81. The molecule has 0 bridgehead atoms. The first-order chi connectivity index (χ1) is 8.47. The van der Waals surface area contributed by atoms with Crippen molar-refractivity contribution in [3.8, 4) is 0 Å². The van der Waals surface area contributed by atoms with E-state index in [2.05, 4.69) is 27.7 Å². The highest BCUT2D eigenvalue weighted by Gasteiger charge is 2.18. The van der Waals surface area contributed by atoms with E-state index >= 15 is 0 Å². The summed E-state index contributed by atoms with van der Waals surface area (Å²) < 4.78 is 5.18. The van der Waals surface area contributed by atoms with Crippen molar-refractivity contribution in [1.29, 1.82) is 0 Å². The maximum Gasteiger partial charge on any atom is 0.138 e. The molecule has 0 aliphatic carbocycles. The number of hydrogen-bond donors (Lipinski definition) is 0. The zero-order chi connectivity index (χ0) is 14.0. The molecule has 0 N–H and O–H groups in total. The lowest BCUT2D eigenvalue weighted by atomic mass is 9.92. The predicted molar refractivity (Wildman–Crippen MR) is 77.8 cm³/mol. The van der Waals surface area contributed by atoms with Gasteiger partial charge in [-0.15, -0.1) is 0 Å². The molecule has 1 unspecified atom stereocenters. The summed E-state index contributed by atoms with van der Waals surface area (Å²) >= 11 is 0. The molecule has 0 heterocycles. The summed E-state index contributed by atoms with van der Waals surface area (Å²) in [5.74, 6) is 1.94. The summed E-state index contributed by atoms with van der Waals surface area (Å²) in [7, 11) is 1.69. The molecular formula is C16H32O2. The van der Waals surface area contributed by atoms with Crippen molar-refractivity contribution in [3.63, 3.8) is 0 Å². The maximum absolute atomic E-state index is 12.1. The van der Waals surface area contributed by atoms with Gasteiger partial charge < -0.3 is 4.74 Å². The van der Waals surface area contributed by atoms with Crippen LogP contribution in [0.25, 0.3) is 0 Å². The van der Waals surface area contributed by atoms with E-state index in [1.54, 1.807) is 7.11 Å². The standard InChI is InChI=1S/C16H32O2/c1-13(2)8-6-7-9-16(17)15(12-18-5)11-10-14(3)4/h13-15H,6-12H2,1-5H3. The summed E-state index contributed by atoms with van der Waals surface area (Å²) in [5, 5.41) is 0. The Morgan fingerprint density at radius 2 is 1.56 bits per heavy atom. The molecule has 0 rings (SSSR count). The van der Waals surface area contributed by atoms with E-state index in [1.807, 2.05) is 0 Å². The third-order valence-corrected chi connectivity index (χ3v) is 3.37. The minimum atomic E-state index is 0.122. The monoisotopic (exact) mass is 256 g/mol. The third kappa shape index (κ3) is 9.64. The van der Waals surface area contributed by atoms with Gasteiger partial charge in [-0.2, -0.15) is 0 Å². The summed E-state index contributed by atoms with van der Waals surface area (Å²) in [6.45, 7) is 9.47. The van der Waals surface area contributed by atoms with E-state index in [1.165, 1.54) is 12.8 Å². The molecule has 0 aliphatic rings. The molecule has 0 amide bonds. The zero-order valence-corrected chi connectivity index (χ0v) is 13.0. The highest BCUT2D eigenvalue weighted by atomic mass is 16.5. The van der Waals surface area contributed by atoms with Gasteiger partial charge in [-0.3, -0.25) is 4.79 Å². The van der Waals surface area contributed by atoms with Crippen molar-refractivity contribution in [3.05, 3.63) is 0 Å². The molecule has 0 aromatic rings. The van der Waals surface area contributed by atoms with Crippen molar-refractivity contribution in [2.24, 2.45) is 17.8 Å². The summed E-state index contributed by atoms with van der Waals surface area (Å²) in [5.41, 5.74) is 0. The molecule has 0 radical (unpaired) electrons. The van der Waals surface area contributed by atoms with Crippen LogP contribution in [0.4, 0.5) is 0 Å². The second-order valence-electron chi connectivity index (χ2n) is 6.23. The normalized spacial score (nSPS) is 13.3. The summed E-state index contributed by atoms with van der Waals surface area (Å²) in [6, 6.07) is 0. The second kappa shape index (κ2) is 10.5. The number of methoxy groups -OCH3 is 1. The maximum atomic E-state index is 12.1. The Labute approximate surface area is 113 Å². The Bertz CT molecular complexity index is 209. The van der Waals surface area contributed by atoms with E-state index in [0.29, 0.717) is 18.3 Å². The van der Waals surface area contributed by atoms with Crippen molar-refractivity contribution >= 4 is 5.78 Å². The Hall–Kier alpha value is -0.370. The van der Waals surface area contributed by atoms with Crippen LogP contribution in [0.2, 0.25) is 0 Å². The van der Waals surface area contributed by atoms with Gasteiger partial charge in [-0.25, -0.2) is 0 Å². The average molecular weight is 256 g/mol. The van der Waals surface area contributed by atoms with Crippen LogP contribution in [-0.2, 0) is 9.53 Å². The van der Waals surface area contributed by atoms with Gasteiger partial charge in [-0.1, -0.05) is 47.0 Å². The minimum Gasteiger partial charge on any atom is -0.384 e. The lowest BCUT2D eigenvalue weighted by molar-refractivity contribution is -0.124. The summed E-state index contributed by atoms with van der Waals surface area (Å²) in [6.07, 6.45) is 6.28. The Morgan fingerprint density at radius 1 is 0.944 bits per heavy atom. The lowest BCUT2D eigenvalue weighted by Crippen LogP contribution is -2.20. The van der Waals surface area contributed by atoms with Gasteiger partial charge in [0.2, 0.25) is 0 Å². The molecule has 2 nitrogen and oxygen atoms in total. The minimum absolute atomic E-state index is 0.122. The highest BCUT2D eigenvalue weighted by Crippen LogP contribution is 2.17. The third-order valence-electron chi connectivity index (χ3n) is 3.37. The van der Waals surface area contributed by atoms with Crippen molar-refractivity contribution < 1.29 is 9.53 Å². The van der Waals surface area contributed by atoms with E-state index in [0.717, 1.165) is 31.6 Å². The number of carbonyl (C=O) groups is 1. The van der Waals surface area contributed by atoms with Gasteiger partial charge in [0.15, 0.2) is 0 Å². The molecule has 0 spiro atoms. The van der Waals surface area contributed by atoms with Gasteiger partial charge in [0, 0.05) is 19.4 Å². The van der Waals surface area contributed by atoms with Crippen LogP contribution in [0, 0.1) is 17.8 Å². The average Bonchev–Trinajstić information content (AvgIpc) is 2.29. The fraction of sp³-hybridized carbons (Fsp3) is 0.938. The molecule has 2 heteroatoms. The number of hydrogen-bond acceptors (Lipinski definition) is 2. The van der Waals surface area contributed by atoms with Crippen LogP contribution < -0.4 is 0 Å². The van der Waals surface area contributed by atoms with Gasteiger partial charge in [0.1, 0.15) is 5.78 Å². The number of unbranched alkanes of at least 4 members (excludes halogenated alkanes) is 1. The molecule has 0 saturated carbocycles. The fourth-order valence-electron chi connectivity index (χ4n) is 2.13. The zero-order valence-electron chi connectivity index (χ0n) is 13.0. The van der Waals surface area contributed by atoms with Gasteiger partial charge >= 0.3 is 0 Å². The van der Waals surface area contributed by atoms with Crippen LogP contribution in [0.1, 0.15) is 66.2 Å². The number of rotatable bonds is 11. The molecular weight excluding hydrogens is 224 g/mol. The van der Waals surface area contributed by atoms with E-state index in [4.69, 9.17) is 4.74 Å². The topological polar surface area (TPSA) is 26.3 Å². The Balaban J connectivity index is 3.90. The van der Waals surface area contributed by atoms with Crippen LogP contribution in [-0.4, -0.2) is 19.5 Å². The molecule has 0 aromatic carbocycles.